The summed E-state index contributed by atoms with van der Waals surface area (Å²) in [5.74, 6) is 0.323. The van der Waals surface area contributed by atoms with Crippen molar-refractivity contribution in [2.24, 2.45) is 10.6 Å². The Labute approximate surface area is 136 Å². The van der Waals surface area contributed by atoms with Gasteiger partial charge < -0.3 is 4.74 Å². The number of nitrogens with two attached hydrogens (primary N) is 1. The van der Waals surface area contributed by atoms with Gasteiger partial charge >= 0.3 is 0 Å². The maximum Gasteiger partial charge on any atom is 0.235 e. The highest BCUT2D eigenvalue weighted by atomic mass is 32.2. The predicted molar refractivity (Wildman–Crippen MR) is 88.9 cm³/mol. The van der Waals surface area contributed by atoms with E-state index in [0.29, 0.717) is 5.88 Å². The molecule has 0 spiro atoms. The minimum atomic E-state index is -3.57. The van der Waals surface area contributed by atoms with E-state index in [0.717, 1.165) is 11.2 Å². The van der Waals surface area contributed by atoms with Gasteiger partial charge in [0.25, 0.3) is 0 Å². The van der Waals surface area contributed by atoms with Crippen LogP contribution < -0.4 is 9.88 Å². The Bertz CT molecular complexity index is 804. The molecule has 0 aromatic carbocycles. The SMILES string of the molecule is CC(C)(COc1nn2ccnc2cc1C(C)(C)C)CS(N)(=O)=O. The Morgan fingerprint density at radius 3 is 2.48 bits per heavy atom. The zero-order chi connectivity index (χ0) is 17.5. The molecule has 0 radical (unpaired) electrons. The summed E-state index contributed by atoms with van der Waals surface area (Å²) in [5, 5.41) is 9.59. The van der Waals surface area contributed by atoms with Gasteiger partial charge in [0.2, 0.25) is 15.9 Å². The molecule has 23 heavy (non-hydrogen) atoms. The maximum absolute atomic E-state index is 11.3. The normalized spacial score (nSPS) is 13.5. The molecule has 128 valence electrons. The summed E-state index contributed by atoms with van der Waals surface area (Å²) >= 11 is 0. The molecule has 0 aliphatic carbocycles. The van der Waals surface area contributed by atoms with E-state index in [1.54, 1.807) is 30.8 Å². The summed E-state index contributed by atoms with van der Waals surface area (Å²) in [7, 11) is -3.57. The second-order valence-electron chi connectivity index (χ2n) is 7.60. The summed E-state index contributed by atoms with van der Waals surface area (Å²) in [6.07, 6.45) is 3.41. The Morgan fingerprint density at radius 2 is 1.91 bits per heavy atom. The summed E-state index contributed by atoms with van der Waals surface area (Å²) in [5.41, 5.74) is 0.864. The number of fused-ring (bicyclic) bond motifs is 1. The van der Waals surface area contributed by atoms with Crippen LogP contribution >= 0.6 is 0 Å². The number of imidazole rings is 1. The first kappa shape index (κ1) is 17.7. The average Bonchev–Trinajstić information content (AvgIpc) is 2.78. The van der Waals surface area contributed by atoms with Crippen LogP contribution in [0.25, 0.3) is 5.65 Å². The number of hydrogen-bond acceptors (Lipinski definition) is 5. The van der Waals surface area contributed by atoms with Crippen LogP contribution in [0.5, 0.6) is 5.88 Å². The van der Waals surface area contributed by atoms with E-state index >= 15 is 0 Å². The summed E-state index contributed by atoms with van der Waals surface area (Å²) in [4.78, 5) is 4.24. The van der Waals surface area contributed by atoms with Crippen molar-refractivity contribution in [2.45, 2.75) is 40.0 Å². The third kappa shape index (κ3) is 4.65. The maximum atomic E-state index is 11.3. The van der Waals surface area contributed by atoms with Crippen LogP contribution in [0.2, 0.25) is 0 Å². The standard InChI is InChI=1S/C15H24N4O3S/c1-14(2,3)11-8-12-17-6-7-19(12)18-13(11)22-9-15(4,5)10-23(16,20)21/h6-8H,9-10H2,1-5H3,(H2,16,20,21). The molecule has 0 unspecified atom stereocenters. The summed E-state index contributed by atoms with van der Waals surface area (Å²) < 4.78 is 30.1. The number of nitrogens with zero attached hydrogens (tertiary/aromatic N) is 3. The Kier molecular flexibility index (Phi) is 4.42. The molecule has 0 bridgehead atoms. The van der Waals surface area contributed by atoms with Crippen LogP contribution in [0.3, 0.4) is 0 Å². The number of sulfonamides is 1. The van der Waals surface area contributed by atoms with E-state index in [1.807, 2.05) is 6.07 Å². The van der Waals surface area contributed by atoms with Gasteiger partial charge in [-0.25, -0.2) is 23.1 Å². The highest BCUT2D eigenvalue weighted by molar-refractivity contribution is 7.89. The first-order chi connectivity index (χ1) is 10.4. The van der Waals surface area contributed by atoms with Crippen LogP contribution in [0.15, 0.2) is 18.5 Å². The van der Waals surface area contributed by atoms with Crippen molar-refractivity contribution in [1.82, 2.24) is 14.6 Å². The topological polar surface area (TPSA) is 99.6 Å². The Balaban J connectivity index is 2.31. The van der Waals surface area contributed by atoms with Gasteiger partial charge in [0.1, 0.15) is 0 Å². The minimum Gasteiger partial charge on any atom is -0.476 e. The fraction of sp³-hybridized carbons (Fsp3) is 0.600. The van der Waals surface area contributed by atoms with Crippen molar-refractivity contribution in [2.75, 3.05) is 12.4 Å². The van der Waals surface area contributed by atoms with Gasteiger partial charge in [0.15, 0.2) is 5.65 Å². The van der Waals surface area contributed by atoms with Crippen molar-refractivity contribution in [1.29, 1.82) is 0 Å². The van der Waals surface area contributed by atoms with Crippen molar-refractivity contribution >= 4 is 15.7 Å². The van der Waals surface area contributed by atoms with Crippen molar-refractivity contribution in [3.05, 3.63) is 24.0 Å². The smallest absolute Gasteiger partial charge is 0.235 e. The summed E-state index contributed by atoms with van der Waals surface area (Å²) in [6.45, 7) is 9.97. The van der Waals surface area contributed by atoms with Crippen LogP contribution in [0.4, 0.5) is 0 Å². The molecular formula is C15H24N4O3S. The quantitative estimate of drug-likeness (QED) is 0.893. The lowest BCUT2D eigenvalue weighted by Gasteiger charge is -2.26. The number of primary sulfonamides is 1. The molecule has 2 rings (SSSR count). The molecule has 0 aliphatic rings. The van der Waals surface area contributed by atoms with E-state index in [4.69, 9.17) is 9.88 Å². The van der Waals surface area contributed by atoms with Gasteiger partial charge in [-0.2, -0.15) is 0 Å². The highest BCUT2D eigenvalue weighted by Crippen LogP contribution is 2.31. The van der Waals surface area contributed by atoms with Gasteiger partial charge in [-0.05, 0) is 11.5 Å². The molecule has 2 heterocycles. The van der Waals surface area contributed by atoms with Crippen LogP contribution in [-0.2, 0) is 15.4 Å². The predicted octanol–water partition coefficient (Wildman–Crippen LogP) is 1.72. The first-order valence-corrected chi connectivity index (χ1v) is 9.07. The number of hydrogen-bond donors (Lipinski definition) is 1. The fourth-order valence-electron chi connectivity index (χ4n) is 2.33. The second kappa shape index (κ2) is 5.76. The zero-order valence-corrected chi connectivity index (χ0v) is 15.0. The molecular weight excluding hydrogens is 316 g/mol. The van der Waals surface area contributed by atoms with Crippen LogP contribution in [-0.4, -0.2) is 35.4 Å². The number of ether oxygens (including phenoxy) is 1. The molecule has 0 fully saturated rings. The monoisotopic (exact) mass is 340 g/mol. The third-order valence-corrected chi connectivity index (χ3v) is 4.54. The fourth-order valence-corrected chi connectivity index (χ4v) is 3.51. The van der Waals surface area contributed by atoms with Crippen molar-refractivity contribution in [3.8, 4) is 5.88 Å². The minimum absolute atomic E-state index is 0.155. The van der Waals surface area contributed by atoms with Crippen molar-refractivity contribution in [3.63, 3.8) is 0 Å². The van der Waals surface area contributed by atoms with E-state index in [-0.39, 0.29) is 17.8 Å². The van der Waals surface area contributed by atoms with E-state index in [9.17, 15) is 8.42 Å². The van der Waals surface area contributed by atoms with Gasteiger partial charge in [-0.1, -0.05) is 34.6 Å². The lowest BCUT2D eigenvalue weighted by Crippen LogP contribution is -2.34. The van der Waals surface area contributed by atoms with Gasteiger partial charge in [0, 0.05) is 23.4 Å². The molecule has 2 aromatic rings. The third-order valence-electron chi connectivity index (χ3n) is 3.35. The number of rotatable bonds is 5. The van der Waals surface area contributed by atoms with Crippen LogP contribution in [0, 0.1) is 5.41 Å². The molecule has 0 atom stereocenters. The number of aromatic nitrogens is 3. The van der Waals surface area contributed by atoms with Gasteiger partial charge in [0.05, 0.1) is 12.4 Å². The molecule has 8 heteroatoms. The largest absolute Gasteiger partial charge is 0.476 e. The molecule has 0 saturated heterocycles. The highest BCUT2D eigenvalue weighted by Gasteiger charge is 2.27. The molecule has 0 aliphatic heterocycles. The van der Waals surface area contributed by atoms with Gasteiger partial charge in [-0.15, -0.1) is 5.10 Å². The van der Waals surface area contributed by atoms with Crippen LogP contribution in [0.1, 0.15) is 40.2 Å². The molecule has 7 nitrogen and oxygen atoms in total. The zero-order valence-electron chi connectivity index (χ0n) is 14.2. The first-order valence-electron chi connectivity index (χ1n) is 7.36. The average molecular weight is 340 g/mol. The lowest BCUT2D eigenvalue weighted by molar-refractivity contribution is 0.187. The van der Waals surface area contributed by atoms with Gasteiger partial charge in [-0.3, -0.25) is 0 Å². The Hall–Kier alpha value is -1.67. The molecule has 2 N–H and O–H groups in total. The van der Waals surface area contributed by atoms with E-state index < -0.39 is 15.4 Å². The molecule has 0 saturated carbocycles. The molecule has 0 amide bonds. The van der Waals surface area contributed by atoms with Crippen molar-refractivity contribution < 1.29 is 13.2 Å². The van der Waals surface area contributed by atoms with E-state index in [1.165, 1.54) is 0 Å². The second-order valence-corrected chi connectivity index (χ2v) is 9.22. The lowest BCUT2D eigenvalue weighted by atomic mass is 9.88. The summed E-state index contributed by atoms with van der Waals surface area (Å²) in [6, 6.07) is 1.94. The Morgan fingerprint density at radius 1 is 1.26 bits per heavy atom. The van der Waals surface area contributed by atoms with E-state index in [2.05, 4.69) is 30.9 Å². The molecule has 2 aromatic heterocycles.